The molecule has 1 aromatic carbocycles. The average Bonchev–Trinajstić information content (AvgIpc) is 1.82. The molecule has 0 heterocycles. The first-order valence-corrected chi connectivity index (χ1v) is 3.17. The number of hydrogen-bond acceptors (Lipinski definition) is 1. The molecule has 50 valence electrons. The van der Waals surface area contributed by atoms with Crippen molar-refractivity contribution in [3.63, 3.8) is 0 Å². The fraction of sp³-hybridized carbons (Fsp3) is 0.250. The van der Waals surface area contributed by atoms with E-state index in [2.05, 4.69) is 0 Å². The van der Waals surface area contributed by atoms with Crippen LogP contribution in [0.2, 0.25) is 0 Å². The lowest BCUT2D eigenvalue weighted by molar-refractivity contribution is 0.474. The summed E-state index contributed by atoms with van der Waals surface area (Å²) in [6.07, 6.45) is 0. The third kappa shape index (κ3) is 1.15. The molecule has 2 radical (unpaired) electrons. The van der Waals surface area contributed by atoms with Crippen molar-refractivity contribution in [2.45, 2.75) is 13.8 Å². The van der Waals surface area contributed by atoms with Gasteiger partial charge < -0.3 is 5.11 Å². The topological polar surface area (TPSA) is 20.2 Å². The standard InChI is InChI=1S/C8H9BO/c1-5-3-7(10)4-6(2)8(5)9/h3-4,10H,1-2H3. The van der Waals surface area contributed by atoms with Gasteiger partial charge in [0.25, 0.3) is 0 Å². The molecule has 0 atom stereocenters. The maximum absolute atomic E-state index is 9.06. The van der Waals surface area contributed by atoms with Gasteiger partial charge >= 0.3 is 0 Å². The average molecular weight is 132 g/mol. The third-order valence-corrected chi connectivity index (χ3v) is 1.58. The van der Waals surface area contributed by atoms with Crippen molar-refractivity contribution in [1.82, 2.24) is 0 Å². The number of hydrogen-bond donors (Lipinski definition) is 1. The third-order valence-electron chi connectivity index (χ3n) is 1.58. The minimum absolute atomic E-state index is 0.282. The van der Waals surface area contributed by atoms with Gasteiger partial charge in [-0.1, -0.05) is 16.6 Å². The van der Waals surface area contributed by atoms with Crippen LogP contribution in [0.25, 0.3) is 0 Å². The summed E-state index contributed by atoms with van der Waals surface area (Å²) >= 11 is 0. The minimum Gasteiger partial charge on any atom is -0.508 e. The van der Waals surface area contributed by atoms with Gasteiger partial charge in [0.05, 0.1) is 0 Å². The molecule has 2 heteroatoms. The second kappa shape index (κ2) is 2.37. The zero-order valence-electron chi connectivity index (χ0n) is 6.18. The summed E-state index contributed by atoms with van der Waals surface area (Å²) in [5, 5.41) is 9.06. The van der Waals surface area contributed by atoms with Gasteiger partial charge in [0.15, 0.2) is 0 Å². The maximum atomic E-state index is 9.06. The summed E-state index contributed by atoms with van der Waals surface area (Å²) < 4.78 is 0. The Hall–Kier alpha value is -0.915. The molecule has 0 aliphatic carbocycles. The van der Waals surface area contributed by atoms with Crippen LogP contribution in [0.4, 0.5) is 0 Å². The molecule has 0 aliphatic rings. The van der Waals surface area contributed by atoms with Crippen LogP contribution in [0.5, 0.6) is 5.75 Å². The van der Waals surface area contributed by atoms with Gasteiger partial charge in [-0.3, -0.25) is 0 Å². The van der Waals surface area contributed by atoms with E-state index in [-0.39, 0.29) is 5.75 Å². The Bertz CT molecular complexity index is 232. The van der Waals surface area contributed by atoms with Crippen LogP contribution < -0.4 is 5.46 Å². The zero-order valence-corrected chi connectivity index (χ0v) is 6.18. The molecule has 1 aromatic rings. The van der Waals surface area contributed by atoms with E-state index in [1.807, 2.05) is 13.8 Å². The van der Waals surface area contributed by atoms with Crippen molar-refractivity contribution in [1.29, 1.82) is 0 Å². The van der Waals surface area contributed by atoms with E-state index in [4.69, 9.17) is 13.0 Å². The van der Waals surface area contributed by atoms with E-state index in [1.54, 1.807) is 12.1 Å². The second-order valence-electron chi connectivity index (χ2n) is 2.49. The van der Waals surface area contributed by atoms with Gasteiger partial charge in [-0.05, 0) is 26.0 Å². The molecule has 0 saturated carbocycles. The predicted molar refractivity (Wildman–Crippen MR) is 43.0 cm³/mol. The molecule has 1 N–H and O–H groups in total. The van der Waals surface area contributed by atoms with E-state index in [1.165, 1.54) is 0 Å². The normalized spacial score (nSPS) is 9.80. The Morgan fingerprint density at radius 3 is 2.00 bits per heavy atom. The molecule has 0 bridgehead atoms. The molecule has 0 fully saturated rings. The summed E-state index contributed by atoms with van der Waals surface area (Å²) in [7, 11) is 5.64. The number of phenols is 1. The molecule has 1 nitrogen and oxygen atoms in total. The molecule has 1 rings (SSSR count). The highest BCUT2D eigenvalue weighted by molar-refractivity contribution is 6.34. The predicted octanol–water partition coefficient (Wildman–Crippen LogP) is 0.803. The molecular weight excluding hydrogens is 123 g/mol. The van der Waals surface area contributed by atoms with E-state index in [0.717, 1.165) is 16.6 Å². The summed E-state index contributed by atoms with van der Waals surface area (Å²) in [4.78, 5) is 0. The van der Waals surface area contributed by atoms with Gasteiger partial charge in [-0.2, -0.15) is 0 Å². The Kier molecular flexibility index (Phi) is 1.71. The lowest BCUT2D eigenvalue weighted by Gasteiger charge is -2.04. The van der Waals surface area contributed by atoms with E-state index >= 15 is 0 Å². The number of aryl methyl sites for hydroxylation is 2. The SMILES string of the molecule is [B]c1c(C)cc(O)cc1C. The highest BCUT2D eigenvalue weighted by Crippen LogP contribution is 2.10. The highest BCUT2D eigenvalue weighted by Gasteiger charge is 1.97. The lowest BCUT2D eigenvalue weighted by atomic mass is 9.87. The first-order valence-electron chi connectivity index (χ1n) is 3.17. The molecule has 0 aliphatic heterocycles. The van der Waals surface area contributed by atoms with Crippen LogP contribution >= 0.6 is 0 Å². The van der Waals surface area contributed by atoms with E-state index in [9.17, 15) is 0 Å². The number of phenolic OH excluding ortho intramolecular Hbond substituents is 1. The molecular formula is C8H9BO. The monoisotopic (exact) mass is 132 g/mol. The van der Waals surface area contributed by atoms with Crippen LogP contribution in [0.3, 0.4) is 0 Å². The van der Waals surface area contributed by atoms with Crippen molar-refractivity contribution in [3.05, 3.63) is 23.3 Å². The van der Waals surface area contributed by atoms with Gasteiger partial charge in [0.2, 0.25) is 0 Å². The number of aromatic hydroxyl groups is 1. The Morgan fingerprint density at radius 2 is 1.60 bits per heavy atom. The van der Waals surface area contributed by atoms with Crippen molar-refractivity contribution in [3.8, 4) is 5.75 Å². The highest BCUT2D eigenvalue weighted by atomic mass is 16.3. The summed E-state index contributed by atoms with van der Waals surface area (Å²) in [5.74, 6) is 0.282. The summed E-state index contributed by atoms with van der Waals surface area (Å²) in [6, 6.07) is 3.31. The van der Waals surface area contributed by atoms with Crippen LogP contribution in [0.15, 0.2) is 12.1 Å². The zero-order chi connectivity index (χ0) is 7.72. The minimum atomic E-state index is 0.282. The van der Waals surface area contributed by atoms with Crippen molar-refractivity contribution in [2.75, 3.05) is 0 Å². The van der Waals surface area contributed by atoms with Crippen LogP contribution in [-0.4, -0.2) is 13.0 Å². The molecule has 0 spiro atoms. The Balaban J connectivity index is 3.31. The first-order chi connectivity index (χ1) is 4.61. The van der Waals surface area contributed by atoms with Gasteiger partial charge in [-0.25, -0.2) is 0 Å². The smallest absolute Gasteiger partial charge is 0.116 e. The Labute approximate surface area is 62.1 Å². The van der Waals surface area contributed by atoms with E-state index < -0.39 is 0 Å². The fourth-order valence-corrected chi connectivity index (χ4v) is 0.952. The van der Waals surface area contributed by atoms with Crippen molar-refractivity contribution in [2.24, 2.45) is 0 Å². The maximum Gasteiger partial charge on any atom is 0.116 e. The molecule has 0 saturated heterocycles. The van der Waals surface area contributed by atoms with Gasteiger partial charge in [0.1, 0.15) is 13.6 Å². The van der Waals surface area contributed by atoms with Crippen LogP contribution in [-0.2, 0) is 0 Å². The molecule has 0 amide bonds. The second-order valence-corrected chi connectivity index (χ2v) is 2.49. The summed E-state index contributed by atoms with van der Waals surface area (Å²) in [6.45, 7) is 3.75. The molecule has 0 unspecified atom stereocenters. The van der Waals surface area contributed by atoms with Crippen LogP contribution in [0.1, 0.15) is 11.1 Å². The summed E-state index contributed by atoms with van der Waals surface area (Å²) in [5.41, 5.74) is 2.62. The van der Waals surface area contributed by atoms with Crippen LogP contribution in [0, 0.1) is 13.8 Å². The molecule has 10 heavy (non-hydrogen) atoms. The largest absolute Gasteiger partial charge is 0.508 e. The van der Waals surface area contributed by atoms with Crippen molar-refractivity contribution < 1.29 is 5.11 Å². The number of rotatable bonds is 0. The van der Waals surface area contributed by atoms with Gasteiger partial charge in [0, 0.05) is 0 Å². The van der Waals surface area contributed by atoms with E-state index in [0.29, 0.717) is 0 Å². The first kappa shape index (κ1) is 7.20. The fourth-order valence-electron chi connectivity index (χ4n) is 0.952. The molecule has 0 aromatic heterocycles. The lowest BCUT2D eigenvalue weighted by Crippen LogP contribution is -2.10. The van der Waals surface area contributed by atoms with Gasteiger partial charge in [-0.15, -0.1) is 0 Å². The number of benzene rings is 1. The van der Waals surface area contributed by atoms with Crippen molar-refractivity contribution >= 4 is 13.3 Å². The quantitative estimate of drug-likeness (QED) is 0.517. The Morgan fingerprint density at radius 1 is 1.20 bits per heavy atom.